The molecule has 3 heterocycles. The summed E-state index contributed by atoms with van der Waals surface area (Å²) in [5, 5.41) is 8.75. The summed E-state index contributed by atoms with van der Waals surface area (Å²) in [5.41, 5.74) is 1.60. The quantitative estimate of drug-likeness (QED) is 0.705. The molecule has 1 aromatic heterocycles. The van der Waals surface area contributed by atoms with E-state index in [4.69, 9.17) is 9.15 Å². The van der Waals surface area contributed by atoms with Crippen molar-refractivity contribution in [2.75, 3.05) is 33.2 Å². The molecule has 2 aromatic rings. The molecule has 1 atom stereocenters. The Balaban J connectivity index is 1.39. The van der Waals surface area contributed by atoms with Gasteiger partial charge in [0.15, 0.2) is 0 Å². The zero-order valence-electron chi connectivity index (χ0n) is 19.1. The maximum absolute atomic E-state index is 6.09. The molecule has 2 aliphatic heterocycles. The summed E-state index contributed by atoms with van der Waals surface area (Å²) >= 11 is 0. The highest BCUT2D eigenvalue weighted by atomic mass is 16.5. The summed E-state index contributed by atoms with van der Waals surface area (Å²) in [6, 6.07) is 8.56. The van der Waals surface area contributed by atoms with Gasteiger partial charge in [0.1, 0.15) is 5.75 Å². The number of nitrogens with zero attached hydrogens (tertiary/aromatic N) is 4. The predicted octanol–water partition coefficient (Wildman–Crippen LogP) is 4.29. The molecule has 1 spiro atoms. The molecule has 2 fully saturated rings. The van der Waals surface area contributed by atoms with Crippen molar-refractivity contribution in [1.82, 2.24) is 20.0 Å². The van der Waals surface area contributed by atoms with Gasteiger partial charge in [-0.25, -0.2) is 0 Å². The Morgan fingerprint density at radius 3 is 2.40 bits per heavy atom. The molecule has 1 unspecified atom stereocenters. The molecule has 0 bridgehead atoms. The number of piperidine rings is 1. The van der Waals surface area contributed by atoms with E-state index in [-0.39, 0.29) is 17.4 Å². The summed E-state index contributed by atoms with van der Waals surface area (Å²) in [6.45, 7) is 13.7. The molecule has 0 aliphatic carbocycles. The van der Waals surface area contributed by atoms with Crippen molar-refractivity contribution in [2.45, 2.75) is 65.0 Å². The van der Waals surface area contributed by atoms with E-state index >= 15 is 0 Å². The van der Waals surface area contributed by atoms with Crippen LogP contribution >= 0.6 is 0 Å². The Hall–Kier alpha value is -1.92. The molecule has 1 aromatic carbocycles. The van der Waals surface area contributed by atoms with Crippen LogP contribution in [0.15, 0.2) is 28.7 Å². The third-order valence-electron chi connectivity index (χ3n) is 6.62. The van der Waals surface area contributed by atoms with Gasteiger partial charge < -0.3 is 14.1 Å². The van der Waals surface area contributed by atoms with Gasteiger partial charge in [0.05, 0.1) is 12.0 Å². The molecule has 0 saturated carbocycles. The van der Waals surface area contributed by atoms with Crippen LogP contribution in [-0.4, -0.2) is 59.3 Å². The van der Waals surface area contributed by atoms with Gasteiger partial charge in [-0.1, -0.05) is 26.0 Å². The van der Waals surface area contributed by atoms with E-state index in [1.807, 2.05) is 0 Å². The molecule has 6 nitrogen and oxygen atoms in total. The van der Waals surface area contributed by atoms with Crippen molar-refractivity contribution >= 4 is 0 Å². The lowest BCUT2D eigenvalue weighted by atomic mass is 9.70. The second-order valence-electron chi connectivity index (χ2n) is 9.83. The first-order valence-electron chi connectivity index (χ1n) is 11.3. The lowest BCUT2D eigenvalue weighted by Gasteiger charge is -2.41. The first-order chi connectivity index (χ1) is 14.3. The normalized spacial score (nSPS) is 22.4. The zero-order valence-corrected chi connectivity index (χ0v) is 19.1. The average Bonchev–Trinajstić information content (AvgIpc) is 3.30. The van der Waals surface area contributed by atoms with Gasteiger partial charge in [0, 0.05) is 25.6 Å². The summed E-state index contributed by atoms with van der Waals surface area (Å²) in [6.07, 6.45) is 2.56. The molecule has 4 rings (SSSR count). The zero-order chi connectivity index (χ0) is 21.3. The molecule has 164 valence electrons. The van der Waals surface area contributed by atoms with Crippen LogP contribution in [0.5, 0.6) is 5.75 Å². The molecule has 6 heteroatoms. The Bertz CT molecular complexity index is 822. The number of likely N-dealkylation sites (N-methyl/N-ethyl adjacent to an activating group) is 1. The van der Waals surface area contributed by atoms with Crippen molar-refractivity contribution in [3.63, 3.8) is 0 Å². The summed E-state index contributed by atoms with van der Waals surface area (Å²) in [5.74, 6) is 3.18. The molecule has 2 aliphatic rings. The van der Waals surface area contributed by atoms with Crippen molar-refractivity contribution in [2.24, 2.45) is 5.41 Å². The van der Waals surface area contributed by atoms with Crippen LogP contribution in [0.4, 0.5) is 0 Å². The van der Waals surface area contributed by atoms with E-state index in [1.54, 1.807) is 0 Å². The molecule has 2 saturated heterocycles. The van der Waals surface area contributed by atoms with Gasteiger partial charge in [0.25, 0.3) is 0 Å². The molecular weight excluding hydrogens is 376 g/mol. The maximum atomic E-state index is 6.09. The summed E-state index contributed by atoms with van der Waals surface area (Å²) < 4.78 is 11.9. The lowest BCUT2D eigenvalue weighted by molar-refractivity contribution is 0.0872. The fourth-order valence-corrected chi connectivity index (χ4v) is 5.05. The van der Waals surface area contributed by atoms with Crippen LogP contribution in [-0.2, 0) is 6.54 Å². The third kappa shape index (κ3) is 4.54. The maximum Gasteiger partial charge on any atom is 0.221 e. The molecule has 0 radical (unpaired) electrons. The Labute approximate surface area is 180 Å². The predicted molar refractivity (Wildman–Crippen MR) is 118 cm³/mol. The molecule has 0 amide bonds. The summed E-state index contributed by atoms with van der Waals surface area (Å²) in [7, 11) is 2.22. The molecule has 0 N–H and O–H groups in total. The van der Waals surface area contributed by atoms with E-state index in [2.05, 4.69) is 79.0 Å². The first kappa shape index (κ1) is 21.3. The Morgan fingerprint density at radius 2 is 1.80 bits per heavy atom. The van der Waals surface area contributed by atoms with Crippen molar-refractivity contribution < 1.29 is 9.15 Å². The largest absolute Gasteiger partial charge is 0.491 e. The number of benzene rings is 1. The van der Waals surface area contributed by atoms with Gasteiger partial charge in [-0.15, -0.1) is 10.2 Å². The highest BCUT2D eigenvalue weighted by Gasteiger charge is 2.49. The standard InChI is InChI=1S/C24H36N4O2/c1-17(2)22-25-26-23(30-22)21-15-27(5)16-24(21)10-12-28(13-11-24)14-19-6-8-20(9-7-19)29-18(3)4/h6-9,17-18,21H,10-16H2,1-5H3. The van der Waals surface area contributed by atoms with E-state index in [9.17, 15) is 0 Å². The SMILES string of the molecule is CC(C)Oc1ccc(CN2CCC3(CC2)CN(C)CC3c2nnc(C(C)C)o2)cc1. The number of hydrogen-bond acceptors (Lipinski definition) is 6. The topological polar surface area (TPSA) is 54.6 Å². The fourth-order valence-electron chi connectivity index (χ4n) is 5.05. The monoisotopic (exact) mass is 412 g/mol. The minimum atomic E-state index is 0.210. The van der Waals surface area contributed by atoms with Crippen molar-refractivity contribution in [1.29, 1.82) is 0 Å². The highest BCUT2D eigenvalue weighted by Crippen LogP contribution is 2.49. The third-order valence-corrected chi connectivity index (χ3v) is 6.62. The summed E-state index contributed by atoms with van der Waals surface area (Å²) in [4.78, 5) is 5.01. The van der Waals surface area contributed by atoms with E-state index in [1.165, 1.54) is 18.4 Å². The van der Waals surface area contributed by atoms with Gasteiger partial charge in [0.2, 0.25) is 11.8 Å². The minimum absolute atomic E-state index is 0.210. The number of hydrogen-bond donors (Lipinski definition) is 0. The Morgan fingerprint density at radius 1 is 1.10 bits per heavy atom. The number of aromatic nitrogens is 2. The minimum Gasteiger partial charge on any atom is -0.491 e. The van der Waals surface area contributed by atoms with Crippen LogP contribution in [0.2, 0.25) is 0 Å². The number of ether oxygens (including phenoxy) is 1. The van der Waals surface area contributed by atoms with Crippen LogP contribution in [0.1, 0.15) is 69.7 Å². The van der Waals surface area contributed by atoms with Crippen molar-refractivity contribution in [3.8, 4) is 5.75 Å². The van der Waals surface area contributed by atoms with Gasteiger partial charge in [-0.3, -0.25) is 4.90 Å². The number of rotatable bonds is 6. The van der Waals surface area contributed by atoms with Gasteiger partial charge >= 0.3 is 0 Å². The van der Waals surface area contributed by atoms with Gasteiger partial charge in [-0.2, -0.15) is 0 Å². The lowest BCUT2D eigenvalue weighted by Crippen LogP contribution is -2.43. The van der Waals surface area contributed by atoms with Gasteiger partial charge in [-0.05, 0) is 69.9 Å². The van der Waals surface area contributed by atoms with E-state index in [0.29, 0.717) is 5.92 Å². The molecule has 30 heavy (non-hydrogen) atoms. The van der Waals surface area contributed by atoms with Crippen LogP contribution < -0.4 is 4.74 Å². The van der Waals surface area contributed by atoms with Crippen molar-refractivity contribution in [3.05, 3.63) is 41.6 Å². The first-order valence-corrected chi connectivity index (χ1v) is 11.3. The smallest absolute Gasteiger partial charge is 0.221 e. The van der Waals surface area contributed by atoms with E-state index < -0.39 is 0 Å². The average molecular weight is 413 g/mol. The van der Waals surface area contributed by atoms with Crippen LogP contribution in [0, 0.1) is 5.41 Å². The molecular formula is C24H36N4O2. The second-order valence-corrected chi connectivity index (χ2v) is 9.83. The van der Waals surface area contributed by atoms with E-state index in [0.717, 1.165) is 50.3 Å². The fraction of sp³-hybridized carbons (Fsp3) is 0.667. The number of likely N-dealkylation sites (tertiary alicyclic amines) is 2. The Kier molecular flexibility index (Phi) is 6.16. The highest BCUT2D eigenvalue weighted by molar-refractivity contribution is 5.27. The van der Waals surface area contributed by atoms with Crippen LogP contribution in [0.3, 0.4) is 0 Å². The second kappa shape index (κ2) is 8.67. The van der Waals surface area contributed by atoms with Crippen LogP contribution in [0.25, 0.3) is 0 Å².